The van der Waals surface area contributed by atoms with E-state index in [1.165, 1.54) is 69.1 Å². The molecule has 0 spiro atoms. The van der Waals surface area contributed by atoms with E-state index in [1.807, 2.05) is 6.07 Å². The van der Waals surface area contributed by atoms with E-state index in [0.717, 1.165) is 11.1 Å². The van der Waals surface area contributed by atoms with E-state index in [2.05, 4.69) is 41.2 Å². The van der Waals surface area contributed by atoms with Gasteiger partial charge in [0.2, 0.25) is 0 Å². The molecule has 2 aromatic carbocycles. The summed E-state index contributed by atoms with van der Waals surface area (Å²) in [7, 11) is 0. The third kappa shape index (κ3) is 4.51. The van der Waals surface area contributed by atoms with Crippen molar-refractivity contribution in [2.45, 2.75) is 63.7 Å². The molecule has 0 N–H and O–H groups in total. The van der Waals surface area contributed by atoms with Crippen LogP contribution >= 0.6 is 0 Å². The lowest BCUT2D eigenvalue weighted by molar-refractivity contribution is 0.267. The van der Waals surface area contributed by atoms with Gasteiger partial charge in [0.15, 0.2) is 5.82 Å². The van der Waals surface area contributed by atoms with Crippen LogP contribution in [0.3, 0.4) is 0 Å². The van der Waals surface area contributed by atoms with Gasteiger partial charge in [0.1, 0.15) is 11.9 Å². The van der Waals surface area contributed by atoms with Crippen LogP contribution in [0.1, 0.15) is 69.4 Å². The first-order chi connectivity index (χ1) is 15.1. The first-order valence-electron chi connectivity index (χ1n) is 11.3. The Labute approximate surface area is 184 Å². The van der Waals surface area contributed by atoms with Crippen molar-refractivity contribution in [3.8, 4) is 28.6 Å². The second-order valence-electron chi connectivity index (χ2n) is 8.62. The van der Waals surface area contributed by atoms with Gasteiger partial charge in [-0.05, 0) is 54.0 Å². The lowest BCUT2D eigenvalue weighted by Gasteiger charge is -2.38. The van der Waals surface area contributed by atoms with Gasteiger partial charge in [-0.2, -0.15) is 5.26 Å². The third-order valence-electron chi connectivity index (χ3n) is 6.65. The van der Waals surface area contributed by atoms with E-state index in [9.17, 15) is 4.39 Å². The highest BCUT2D eigenvalue weighted by atomic mass is 19.1. The van der Waals surface area contributed by atoms with Gasteiger partial charge in [-0.25, -0.2) is 14.4 Å². The maximum atomic E-state index is 13.9. The molecule has 0 unspecified atom stereocenters. The Morgan fingerprint density at radius 2 is 1.61 bits per heavy atom. The molecule has 0 atom stereocenters. The molecule has 1 aromatic heterocycles. The molecule has 31 heavy (non-hydrogen) atoms. The van der Waals surface area contributed by atoms with Gasteiger partial charge < -0.3 is 0 Å². The van der Waals surface area contributed by atoms with Crippen LogP contribution in [-0.4, -0.2) is 9.97 Å². The molecule has 3 aromatic rings. The second kappa shape index (κ2) is 9.39. The Balaban J connectivity index is 1.55. The average molecular weight is 414 g/mol. The molecule has 1 aliphatic carbocycles. The van der Waals surface area contributed by atoms with E-state index in [-0.39, 0.29) is 5.56 Å². The van der Waals surface area contributed by atoms with Gasteiger partial charge in [-0.15, -0.1) is 0 Å². The minimum atomic E-state index is -0.553. The zero-order chi connectivity index (χ0) is 21.7. The monoisotopic (exact) mass is 413 g/mol. The average Bonchev–Trinajstić information content (AvgIpc) is 2.83. The minimum absolute atomic E-state index is 0.0233. The SMILES string of the molecule is CCCCC1(c2ccc(-c3cnc(-c4ccc(C#N)c(F)c4)nc3)cc2)CCCCC1. The lowest BCUT2D eigenvalue weighted by atomic mass is 9.66. The van der Waals surface area contributed by atoms with Gasteiger partial charge in [0.25, 0.3) is 0 Å². The number of unbranched alkanes of at least 4 members (excludes halogenated alkanes) is 1. The molecule has 158 valence electrons. The van der Waals surface area contributed by atoms with Gasteiger partial charge in [-0.3, -0.25) is 0 Å². The largest absolute Gasteiger partial charge is 0.236 e. The maximum absolute atomic E-state index is 13.9. The van der Waals surface area contributed by atoms with Crippen molar-refractivity contribution in [3.05, 3.63) is 71.8 Å². The summed E-state index contributed by atoms with van der Waals surface area (Å²) in [4.78, 5) is 8.86. The quantitative estimate of drug-likeness (QED) is 0.429. The summed E-state index contributed by atoms with van der Waals surface area (Å²) < 4.78 is 13.9. The summed E-state index contributed by atoms with van der Waals surface area (Å²) in [5.74, 6) is -0.104. The first kappa shape index (κ1) is 21.2. The molecular formula is C27H28FN3. The zero-order valence-corrected chi connectivity index (χ0v) is 18.1. The minimum Gasteiger partial charge on any atom is -0.236 e. The molecule has 0 amide bonds. The van der Waals surface area contributed by atoms with Gasteiger partial charge >= 0.3 is 0 Å². The molecule has 1 fully saturated rings. The van der Waals surface area contributed by atoms with Crippen molar-refractivity contribution >= 4 is 0 Å². The maximum Gasteiger partial charge on any atom is 0.159 e. The highest BCUT2D eigenvalue weighted by molar-refractivity contribution is 5.64. The van der Waals surface area contributed by atoms with Gasteiger partial charge in [0.05, 0.1) is 5.56 Å². The fraction of sp³-hybridized carbons (Fsp3) is 0.370. The van der Waals surface area contributed by atoms with Gasteiger partial charge in [-0.1, -0.05) is 63.3 Å². The second-order valence-corrected chi connectivity index (χ2v) is 8.62. The predicted molar refractivity (Wildman–Crippen MR) is 122 cm³/mol. The van der Waals surface area contributed by atoms with Crippen molar-refractivity contribution in [2.24, 2.45) is 0 Å². The Bertz CT molecular complexity index is 1060. The van der Waals surface area contributed by atoms with Crippen molar-refractivity contribution < 1.29 is 4.39 Å². The molecule has 4 heteroatoms. The van der Waals surface area contributed by atoms with E-state index in [1.54, 1.807) is 18.5 Å². The molecule has 4 rings (SSSR count). The Hall–Kier alpha value is -3.06. The third-order valence-corrected chi connectivity index (χ3v) is 6.65. The van der Waals surface area contributed by atoms with E-state index >= 15 is 0 Å². The van der Waals surface area contributed by atoms with Crippen molar-refractivity contribution in [1.82, 2.24) is 9.97 Å². The van der Waals surface area contributed by atoms with Crippen LogP contribution in [0.15, 0.2) is 54.9 Å². The number of aromatic nitrogens is 2. The van der Waals surface area contributed by atoms with Crippen LogP contribution in [-0.2, 0) is 5.41 Å². The van der Waals surface area contributed by atoms with Crippen LogP contribution in [0.5, 0.6) is 0 Å². The number of halogens is 1. The van der Waals surface area contributed by atoms with Crippen molar-refractivity contribution in [3.63, 3.8) is 0 Å². The molecule has 3 nitrogen and oxygen atoms in total. The molecule has 0 radical (unpaired) electrons. The highest BCUT2D eigenvalue weighted by Gasteiger charge is 2.33. The van der Waals surface area contributed by atoms with E-state index in [4.69, 9.17) is 5.26 Å². The molecular weight excluding hydrogens is 385 g/mol. The molecule has 1 aliphatic rings. The number of benzene rings is 2. The fourth-order valence-corrected chi connectivity index (χ4v) is 4.81. The van der Waals surface area contributed by atoms with Crippen LogP contribution < -0.4 is 0 Å². The number of rotatable bonds is 6. The van der Waals surface area contributed by atoms with Crippen molar-refractivity contribution in [1.29, 1.82) is 5.26 Å². The fourth-order valence-electron chi connectivity index (χ4n) is 4.81. The van der Waals surface area contributed by atoms with Crippen LogP contribution in [0, 0.1) is 17.1 Å². The highest BCUT2D eigenvalue weighted by Crippen LogP contribution is 2.43. The summed E-state index contributed by atoms with van der Waals surface area (Å²) in [6, 6.07) is 15.2. The van der Waals surface area contributed by atoms with Gasteiger partial charge in [0, 0.05) is 23.5 Å². The Morgan fingerprint density at radius 1 is 0.935 bits per heavy atom. The van der Waals surface area contributed by atoms with E-state index < -0.39 is 5.82 Å². The van der Waals surface area contributed by atoms with E-state index in [0.29, 0.717) is 16.8 Å². The zero-order valence-electron chi connectivity index (χ0n) is 18.1. The topological polar surface area (TPSA) is 49.6 Å². The smallest absolute Gasteiger partial charge is 0.159 e. The summed E-state index contributed by atoms with van der Waals surface area (Å²) in [6.07, 6.45) is 14.0. The van der Waals surface area contributed by atoms with Crippen LogP contribution in [0.25, 0.3) is 22.5 Å². The molecule has 1 heterocycles. The molecule has 0 saturated heterocycles. The summed E-state index contributed by atoms with van der Waals surface area (Å²) >= 11 is 0. The van der Waals surface area contributed by atoms with Crippen LogP contribution in [0.4, 0.5) is 4.39 Å². The number of nitriles is 1. The number of nitrogens with zero attached hydrogens (tertiary/aromatic N) is 3. The number of hydrogen-bond donors (Lipinski definition) is 0. The molecule has 0 bridgehead atoms. The Morgan fingerprint density at radius 3 is 2.23 bits per heavy atom. The van der Waals surface area contributed by atoms with Crippen LogP contribution in [0.2, 0.25) is 0 Å². The normalized spacial score (nSPS) is 15.4. The molecule has 0 aliphatic heterocycles. The summed E-state index contributed by atoms with van der Waals surface area (Å²) in [5.41, 5.74) is 4.42. The standard InChI is InChI=1S/C27H28FN3/c1-2-3-13-27(14-5-4-6-15-27)24-11-9-20(10-12-24)23-18-30-26(31-19-23)21-7-8-22(17-29)25(28)16-21/h7-12,16,18-19H,2-6,13-15H2,1H3. The van der Waals surface area contributed by atoms with Crippen molar-refractivity contribution in [2.75, 3.05) is 0 Å². The summed E-state index contributed by atoms with van der Waals surface area (Å²) in [5, 5.41) is 8.88. The molecule has 1 saturated carbocycles. The Kier molecular flexibility index (Phi) is 6.42. The summed E-state index contributed by atoms with van der Waals surface area (Å²) in [6.45, 7) is 2.27. The first-order valence-corrected chi connectivity index (χ1v) is 11.3. The predicted octanol–water partition coefficient (Wildman–Crippen LogP) is 7.21. The number of hydrogen-bond acceptors (Lipinski definition) is 3. The lowest BCUT2D eigenvalue weighted by Crippen LogP contribution is -2.29.